The highest BCUT2D eigenvalue weighted by Crippen LogP contribution is 2.32. The van der Waals surface area contributed by atoms with Crippen LogP contribution in [0.25, 0.3) is 0 Å². The zero-order valence-corrected chi connectivity index (χ0v) is 23.7. The van der Waals surface area contributed by atoms with E-state index >= 15 is 0 Å². The Morgan fingerprint density at radius 1 is 1.00 bits per heavy atom. The van der Waals surface area contributed by atoms with E-state index in [1.165, 1.54) is 0 Å². The Hall–Kier alpha value is -4.08. The van der Waals surface area contributed by atoms with Crippen molar-refractivity contribution >= 4 is 40.8 Å². The van der Waals surface area contributed by atoms with Crippen LogP contribution < -0.4 is 20.7 Å². The summed E-state index contributed by atoms with van der Waals surface area (Å²) in [4.78, 5) is 40.4. The van der Waals surface area contributed by atoms with Gasteiger partial charge in [-0.15, -0.1) is 0 Å². The average Bonchev–Trinajstić information content (AvgIpc) is 2.95. The third-order valence-corrected chi connectivity index (χ3v) is 7.76. The maximum Gasteiger partial charge on any atom is 0.323 e. The number of benzene rings is 3. The van der Waals surface area contributed by atoms with E-state index in [4.69, 9.17) is 21.1 Å². The molecule has 3 aromatic rings. The smallest absolute Gasteiger partial charge is 0.323 e. The number of carbonyl (C=O) groups excluding carboxylic acids is 3. The molecule has 2 heterocycles. The fraction of sp³-hybridized carbons (Fsp3) is 0.323. The van der Waals surface area contributed by atoms with Crippen LogP contribution in [-0.2, 0) is 16.1 Å². The Labute approximate surface area is 244 Å². The predicted octanol–water partition coefficient (Wildman–Crippen LogP) is 5.38. The van der Waals surface area contributed by atoms with Crippen molar-refractivity contribution in [2.45, 2.75) is 51.0 Å². The van der Waals surface area contributed by atoms with Crippen molar-refractivity contribution in [3.8, 4) is 5.75 Å². The van der Waals surface area contributed by atoms with E-state index in [1.54, 1.807) is 42.3 Å². The minimum absolute atomic E-state index is 0.124. The zero-order chi connectivity index (χ0) is 28.9. The number of nitrogens with one attached hydrogen (secondary N) is 3. The summed E-state index contributed by atoms with van der Waals surface area (Å²) in [7, 11) is 1.75. The van der Waals surface area contributed by atoms with Crippen molar-refractivity contribution in [1.82, 2.24) is 10.2 Å². The lowest BCUT2D eigenvalue weighted by atomic mass is 9.94. The van der Waals surface area contributed by atoms with Gasteiger partial charge in [0, 0.05) is 30.0 Å². The van der Waals surface area contributed by atoms with Crippen LogP contribution in [0.15, 0.2) is 66.7 Å². The second-order valence-corrected chi connectivity index (χ2v) is 10.8. The molecule has 0 spiro atoms. The van der Waals surface area contributed by atoms with Gasteiger partial charge in [0.15, 0.2) is 0 Å². The summed E-state index contributed by atoms with van der Waals surface area (Å²) < 4.78 is 12.3. The first kappa shape index (κ1) is 28.4. The van der Waals surface area contributed by atoms with Gasteiger partial charge < -0.3 is 30.3 Å². The van der Waals surface area contributed by atoms with E-state index in [0.717, 1.165) is 11.1 Å². The molecule has 0 saturated carbocycles. The van der Waals surface area contributed by atoms with E-state index in [-0.39, 0.29) is 43.1 Å². The SMILES string of the molecule is Cc1cccc(NC(=O)Nc2ccc3c(c2)C(=O)N(C)[C@@H]2CC[C@H](CC(=O)NCc4ccccc4Cl)O[C@H]2CO3)c1. The molecule has 1 saturated heterocycles. The van der Waals surface area contributed by atoms with Gasteiger partial charge in [-0.3, -0.25) is 9.59 Å². The molecular formula is C31H33ClN4O5. The number of aryl methyl sites for hydroxylation is 1. The van der Waals surface area contributed by atoms with E-state index < -0.39 is 6.03 Å². The molecule has 10 heteroatoms. The Kier molecular flexibility index (Phi) is 8.75. The van der Waals surface area contributed by atoms with E-state index in [0.29, 0.717) is 47.1 Å². The first-order valence-electron chi connectivity index (χ1n) is 13.6. The molecule has 3 atom stereocenters. The number of hydrogen-bond donors (Lipinski definition) is 3. The number of likely N-dealkylation sites (N-methyl/N-ethyl adjacent to an activating group) is 1. The summed E-state index contributed by atoms with van der Waals surface area (Å²) in [6, 6.07) is 19.2. The van der Waals surface area contributed by atoms with Crippen LogP contribution in [0, 0.1) is 6.92 Å². The van der Waals surface area contributed by atoms with Gasteiger partial charge in [0.2, 0.25) is 5.91 Å². The van der Waals surface area contributed by atoms with Crippen LogP contribution in [0.1, 0.15) is 40.7 Å². The second-order valence-electron chi connectivity index (χ2n) is 10.4. The first-order valence-corrected chi connectivity index (χ1v) is 14.0. The van der Waals surface area contributed by atoms with Crippen molar-refractivity contribution in [2.75, 3.05) is 24.3 Å². The molecule has 0 aromatic heterocycles. The van der Waals surface area contributed by atoms with Crippen LogP contribution in [0.4, 0.5) is 16.2 Å². The number of anilines is 2. The summed E-state index contributed by atoms with van der Waals surface area (Å²) in [6.45, 7) is 2.52. The van der Waals surface area contributed by atoms with Crippen molar-refractivity contribution in [3.05, 3.63) is 88.4 Å². The number of nitrogens with zero attached hydrogens (tertiary/aromatic N) is 1. The third-order valence-electron chi connectivity index (χ3n) is 7.39. The number of hydrogen-bond acceptors (Lipinski definition) is 5. The molecule has 0 unspecified atom stereocenters. The lowest BCUT2D eigenvalue weighted by Crippen LogP contribution is -2.53. The summed E-state index contributed by atoms with van der Waals surface area (Å²) in [5.41, 5.74) is 3.39. The van der Waals surface area contributed by atoms with Gasteiger partial charge >= 0.3 is 6.03 Å². The number of fused-ring (bicyclic) bond motifs is 2. The van der Waals surface area contributed by atoms with Crippen LogP contribution >= 0.6 is 11.6 Å². The molecule has 2 aliphatic heterocycles. The van der Waals surface area contributed by atoms with Crippen molar-refractivity contribution in [3.63, 3.8) is 0 Å². The Morgan fingerprint density at radius 3 is 2.56 bits per heavy atom. The van der Waals surface area contributed by atoms with Gasteiger partial charge in [0.05, 0.1) is 24.1 Å². The summed E-state index contributed by atoms with van der Waals surface area (Å²) in [5, 5.41) is 9.11. The van der Waals surface area contributed by atoms with Crippen molar-refractivity contribution < 1.29 is 23.9 Å². The molecular weight excluding hydrogens is 544 g/mol. The molecule has 9 nitrogen and oxygen atoms in total. The molecule has 214 valence electrons. The molecule has 0 radical (unpaired) electrons. The van der Waals surface area contributed by atoms with Gasteiger partial charge in [-0.2, -0.15) is 0 Å². The molecule has 3 aromatic carbocycles. The molecule has 0 aliphatic carbocycles. The normalized spacial score (nSPS) is 20.0. The first-order chi connectivity index (χ1) is 19.8. The van der Waals surface area contributed by atoms with E-state index in [1.807, 2.05) is 43.3 Å². The summed E-state index contributed by atoms with van der Waals surface area (Å²) in [5.74, 6) is 0.0616. The molecule has 5 rings (SSSR count). The van der Waals surface area contributed by atoms with Gasteiger partial charge in [-0.05, 0) is 67.3 Å². The monoisotopic (exact) mass is 576 g/mol. The Balaban J connectivity index is 1.20. The van der Waals surface area contributed by atoms with Gasteiger partial charge in [-0.25, -0.2) is 4.79 Å². The highest BCUT2D eigenvalue weighted by Gasteiger charge is 2.39. The Morgan fingerprint density at radius 2 is 1.78 bits per heavy atom. The quantitative estimate of drug-likeness (QED) is 0.365. The lowest BCUT2D eigenvalue weighted by molar-refractivity contribution is -0.134. The number of urea groups is 1. The number of ether oxygens (including phenoxy) is 2. The highest BCUT2D eigenvalue weighted by atomic mass is 35.5. The standard InChI is InChI=1S/C31H33ClN4O5/c1-19-6-5-8-21(14-19)34-31(39)35-22-10-13-27-24(15-22)30(38)36(2)26-12-11-23(41-28(26)18-40-27)16-29(37)33-17-20-7-3-4-9-25(20)32/h3-10,13-15,23,26,28H,11-12,16-18H2,1-2H3,(H,33,37)(H2,34,35,39)/t23-,26-,28+/m1/s1. The third kappa shape index (κ3) is 6.99. The van der Waals surface area contributed by atoms with Crippen LogP contribution in [0.5, 0.6) is 5.75 Å². The van der Waals surface area contributed by atoms with Gasteiger partial charge in [0.1, 0.15) is 18.5 Å². The van der Waals surface area contributed by atoms with Gasteiger partial charge in [-0.1, -0.05) is 41.9 Å². The maximum atomic E-state index is 13.5. The van der Waals surface area contributed by atoms with Crippen LogP contribution in [-0.4, -0.2) is 54.6 Å². The highest BCUT2D eigenvalue weighted by molar-refractivity contribution is 6.31. The largest absolute Gasteiger partial charge is 0.490 e. The molecule has 1 fully saturated rings. The average molecular weight is 577 g/mol. The molecule has 3 N–H and O–H groups in total. The topological polar surface area (TPSA) is 109 Å². The van der Waals surface area contributed by atoms with Crippen molar-refractivity contribution in [1.29, 1.82) is 0 Å². The van der Waals surface area contributed by atoms with Crippen LogP contribution in [0.2, 0.25) is 5.02 Å². The van der Waals surface area contributed by atoms with E-state index in [9.17, 15) is 14.4 Å². The van der Waals surface area contributed by atoms with E-state index in [2.05, 4.69) is 16.0 Å². The summed E-state index contributed by atoms with van der Waals surface area (Å²) >= 11 is 6.19. The minimum Gasteiger partial charge on any atom is -0.490 e. The Bertz CT molecular complexity index is 1450. The number of amides is 4. The molecule has 2 aliphatic rings. The molecule has 41 heavy (non-hydrogen) atoms. The fourth-order valence-corrected chi connectivity index (χ4v) is 5.44. The fourth-order valence-electron chi connectivity index (χ4n) is 5.24. The van der Waals surface area contributed by atoms with Crippen LogP contribution in [0.3, 0.4) is 0 Å². The number of carbonyl (C=O) groups is 3. The molecule has 0 bridgehead atoms. The predicted molar refractivity (Wildman–Crippen MR) is 157 cm³/mol. The number of halogens is 1. The zero-order valence-electron chi connectivity index (χ0n) is 23.0. The van der Waals surface area contributed by atoms with Crippen molar-refractivity contribution in [2.24, 2.45) is 0 Å². The summed E-state index contributed by atoms with van der Waals surface area (Å²) in [6.07, 6.45) is 0.843. The lowest BCUT2D eigenvalue weighted by Gasteiger charge is -2.42. The number of rotatable bonds is 6. The van der Waals surface area contributed by atoms with Gasteiger partial charge in [0.25, 0.3) is 5.91 Å². The second kappa shape index (κ2) is 12.6. The molecule has 4 amide bonds. The minimum atomic E-state index is -0.411. The maximum absolute atomic E-state index is 13.5.